The van der Waals surface area contributed by atoms with E-state index >= 15 is 0 Å². The van der Waals surface area contributed by atoms with Crippen LogP contribution in [0.3, 0.4) is 0 Å². The van der Waals surface area contributed by atoms with Crippen molar-refractivity contribution in [1.82, 2.24) is 9.71 Å². The van der Waals surface area contributed by atoms with E-state index < -0.39 is 17.3 Å². The van der Waals surface area contributed by atoms with E-state index in [1.807, 2.05) is 54.6 Å². The summed E-state index contributed by atoms with van der Waals surface area (Å²) in [6.45, 7) is 0. The van der Waals surface area contributed by atoms with Crippen molar-refractivity contribution >= 4 is 28.5 Å². The van der Waals surface area contributed by atoms with Gasteiger partial charge in [0.05, 0.1) is 0 Å². The van der Waals surface area contributed by atoms with Crippen LogP contribution in [0.2, 0.25) is 0 Å². The molecular formula is C26H23N4O3S-. The standard InChI is InChI=1S/C26H24N4O3S/c27-24-10-9-21(26(31)29-23-11-13-28-14-12-23)16-22(24)17-25(30-34(32)33)20-8-4-7-19(15-20)18-5-2-1-3-6-18/h1-16,25,30H,17,27H2,(H,32,33)(H,28,29,31)/p-1. The van der Waals surface area contributed by atoms with Crippen molar-refractivity contribution in [1.29, 1.82) is 0 Å². The largest absolute Gasteiger partial charge is 0.760 e. The predicted octanol–water partition coefficient (Wildman–Crippen LogP) is 4.25. The number of pyridine rings is 1. The molecule has 2 unspecified atom stereocenters. The second-order valence-corrected chi connectivity index (χ2v) is 8.41. The zero-order chi connectivity index (χ0) is 23.9. The maximum atomic E-state index is 12.7. The SMILES string of the molecule is Nc1ccc(C(=O)Nc2ccncc2)cc1CC(NS(=O)[O-])c1cccc(-c2ccccc2)c1. The van der Waals surface area contributed by atoms with E-state index in [4.69, 9.17) is 5.73 Å². The summed E-state index contributed by atoms with van der Waals surface area (Å²) in [5, 5.41) is 2.81. The lowest BCUT2D eigenvalue weighted by atomic mass is 9.94. The molecule has 34 heavy (non-hydrogen) atoms. The Balaban J connectivity index is 1.61. The maximum absolute atomic E-state index is 12.7. The fourth-order valence-electron chi connectivity index (χ4n) is 3.69. The van der Waals surface area contributed by atoms with Crippen LogP contribution in [0.4, 0.5) is 11.4 Å². The van der Waals surface area contributed by atoms with E-state index in [1.54, 1.807) is 42.7 Å². The van der Waals surface area contributed by atoms with Crippen molar-refractivity contribution in [2.24, 2.45) is 0 Å². The number of hydrogen-bond donors (Lipinski definition) is 3. The molecule has 3 aromatic carbocycles. The van der Waals surface area contributed by atoms with Crippen LogP contribution in [0.15, 0.2) is 97.3 Å². The molecule has 1 heterocycles. The van der Waals surface area contributed by atoms with Crippen LogP contribution < -0.4 is 15.8 Å². The number of carbonyl (C=O) groups excluding carboxylic acids is 1. The number of carbonyl (C=O) groups is 1. The van der Waals surface area contributed by atoms with E-state index in [2.05, 4.69) is 15.0 Å². The van der Waals surface area contributed by atoms with Gasteiger partial charge >= 0.3 is 0 Å². The lowest BCUT2D eigenvalue weighted by molar-refractivity contribution is 0.102. The second-order valence-electron chi connectivity index (χ2n) is 7.70. The maximum Gasteiger partial charge on any atom is 0.255 e. The van der Waals surface area contributed by atoms with Crippen molar-refractivity contribution in [3.05, 3.63) is 114 Å². The first-order valence-corrected chi connectivity index (χ1v) is 11.7. The second kappa shape index (κ2) is 10.8. The van der Waals surface area contributed by atoms with Gasteiger partial charge in [-0.05, 0) is 65.1 Å². The normalized spacial score (nSPS) is 12.6. The van der Waals surface area contributed by atoms with E-state index in [0.29, 0.717) is 22.5 Å². The third-order valence-corrected chi connectivity index (χ3v) is 5.88. The molecule has 7 nitrogen and oxygen atoms in total. The highest BCUT2D eigenvalue weighted by atomic mass is 32.2. The van der Waals surface area contributed by atoms with Crippen LogP contribution in [0.25, 0.3) is 11.1 Å². The number of rotatable bonds is 8. The monoisotopic (exact) mass is 471 g/mol. The number of anilines is 2. The van der Waals surface area contributed by atoms with Crippen molar-refractivity contribution in [2.45, 2.75) is 12.5 Å². The summed E-state index contributed by atoms with van der Waals surface area (Å²) in [6, 6.07) is 25.3. The van der Waals surface area contributed by atoms with Crippen LogP contribution in [-0.4, -0.2) is 19.7 Å². The van der Waals surface area contributed by atoms with Gasteiger partial charge in [-0.2, -0.15) is 0 Å². The van der Waals surface area contributed by atoms with Gasteiger partial charge in [-0.15, -0.1) is 0 Å². The van der Waals surface area contributed by atoms with E-state index in [1.165, 1.54) is 0 Å². The summed E-state index contributed by atoms with van der Waals surface area (Å²) in [7, 11) is 0. The summed E-state index contributed by atoms with van der Waals surface area (Å²) in [5.74, 6) is -0.296. The first-order valence-electron chi connectivity index (χ1n) is 10.6. The van der Waals surface area contributed by atoms with E-state index in [0.717, 1.165) is 16.7 Å². The summed E-state index contributed by atoms with van der Waals surface area (Å²) < 4.78 is 25.8. The lowest BCUT2D eigenvalue weighted by Crippen LogP contribution is -2.25. The van der Waals surface area contributed by atoms with Gasteiger partial charge < -0.3 is 15.6 Å². The number of amides is 1. The predicted molar refractivity (Wildman–Crippen MR) is 133 cm³/mol. The molecule has 0 bridgehead atoms. The van der Waals surface area contributed by atoms with Crippen molar-refractivity contribution in [2.75, 3.05) is 11.1 Å². The molecule has 0 radical (unpaired) electrons. The van der Waals surface area contributed by atoms with Gasteiger partial charge in [0.15, 0.2) is 0 Å². The average molecular weight is 472 g/mol. The average Bonchev–Trinajstić information content (AvgIpc) is 2.86. The molecule has 0 fully saturated rings. The number of nitrogens with zero attached hydrogens (tertiary/aromatic N) is 1. The zero-order valence-corrected chi connectivity index (χ0v) is 19.0. The molecular weight excluding hydrogens is 448 g/mol. The molecule has 1 aromatic heterocycles. The van der Waals surface area contributed by atoms with Gasteiger partial charge in [0.2, 0.25) is 0 Å². The van der Waals surface area contributed by atoms with Crippen molar-refractivity contribution < 1.29 is 13.6 Å². The van der Waals surface area contributed by atoms with E-state index in [9.17, 15) is 13.6 Å². The number of nitrogen functional groups attached to an aromatic ring is 1. The Morgan fingerprint density at radius 2 is 1.68 bits per heavy atom. The molecule has 4 N–H and O–H groups in total. The Morgan fingerprint density at radius 3 is 2.41 bits per heavy atom. The first kappa shape index (κ1) is 23.3. The third kappa shape index (κ3) is 5.93. The van der Waals surface area contributed by atoms with Crippen LogP contribution >= 0.6 is 0 Å². The van der Waals surface area contributed by atoms with Crippen LogP contribution in [0.1, 0.15) is 27.5 Å². The molecule has 4 aromatic rings. The summed E-state index contributed by atoms with van der Waals surface area (Å²) >= 11 is -2.49. The molecule has 0 aliphatic carbocycles. The molecule has 0 spiro atoms. The molecule has 0 saturated heterocycles. The molecule has 2 atom stereocenters. The third-order valence-electron chi connectivity index (χ3n) is 5.40. The number of aromatic nitrogens is 1. The molecule has 0 saturated carbocycles. The highest BCUT2D eigenvalue weighted by Gasteiger charge is 2.17. The van der Waals surface area contributed by atoms with Gasteiger partial charge in [-0.3, -0.25) is 14.0 Å². The van der Waals surface area contributed by atoms with Crippen LogP contribution in [0.5, 0.6) is 0 Å². The number of nitrogens with two attached hydrogens (primary N) is 1. The molecule has 0 aliphatic rings. The summed E-state index contributed by atoms with van der Waals surface area (Å²) in [5.41, 5.74) is 11.2. The van der Waals surface area contributed by atoms with Gasteiger partial charge in [0.25, 0.3) is 5.91 Å². The zero-order valence-electron chi connectivity index (χ0n) is 18.2. The minimum atomic E-state index is -2.49. The number of benzene rings is 3. The molecule has 8 heteroatoms. The van der Waals surface area contributed by atoms with Crippen molar-refractivity contribution in [3.63, 3.8) is 0 Å². The molecule has 172 valence electrons. The van der Waals surface area contributed by atoms with Gasteiger partial charge in [-0.25, -0.2) is 4.72 Å². The fraction of sp³-hybridized carbons (Fsp3) is 0.0769. The summed E-state index contributed by atoms with van der Waals surface area (Å²) in [4.78, 5) is 16.7. The quantitative estimate of drug-likeness (QED) is 0.262. The number of nitrogens with one attached hydrogen (secondary N) is 2. The Labute approximate surface area is 200 Å². The van der Waals surface area contributed by atoms with Gasteiger partial charge in [-0.1, -0.05) is 48.5 Å². The Kier molecular flexibility index (Phi) is 7.44. The molecule has 0 aliphatic heterocycles. The van der Waals surface area contributed by atoms with Crippen LogP contribution in [0, 0.1) is 0 Å². The topological polar surface area (TPSA) is 120 Å². The summed E-state index contributed by atoms with van der Waals surface area (Å²) in [6.07, 6.45) is 3.45. The van der Waals surface area contributed by atoms with Gasteiger partial charge in [0.1, 0.15) is 0 Å². The number of hydrogen-bond acceptors (Lipinski definition) is 5. The van der Waals surface area contributed by atoms with Crippen molar-refractivity contribution in [3.8, 4) is 11.1 Å². The molecule has 1 amide bonds. The Hall–Kier alpha value is -3.85. The Bertz CT molecular complexity index is 1300. The lowest BCUT2D eigenvalue weighted by Gasteiger charge is -2.22. The van der Waals surface area contributed by atoms with Crippen LogP contribution in [-0.2, 0) is 17.7 Å². The minimum Gasteiger partial charge on any atom is -0.760 e. The Morgan fingerprint density at radius 1 is 0.941 bits per heavy atom. The van der Waals surface area contributed by atoms with E-state index in [-0.39, 0.29) is 12.3 Å². The first-order chi connectivity index (χ1) is 16.5. The molecule has 4 rings (SSSR count). The fourth-order valence-corrected chi connectivity index (χ4v) is 4.14. The smallest absolute Gasteiger partial charge is 0.255 e. The van der Waals surface area contributed by atoms with Gasteiger partial charge in [0, 0.05) is 46.6 Å². The highest BCUT2D eigenvalue weighted by molar-refractivity contribution is 7.77. The highest BCUT2D eigenvalue weighted by Crippen LogP contribution is 2.27. The minimum absolute atomic E-state index is 0.272.